The summed E-state index contributed by atoms with van der Waals surface area (Å²) >= 11 is 0. The van der Waals surface area contributed by atoms with E-state index in [2.05, 4.69) is 0 Å². The molecular formula is C11H16O3. The van der Waals surface area contributed by atoms with E-state index >= 15 is 0 Å². The Morgan fingerprint density at radius 1 is 1.14 bits per heavy atom. The average Bonchev–Trinajstić information content (AvgIpc) is 2.35. The molecule has 2 aliphatic rings. The molecule has 1 aliphatic carbocycles. The van der Waals surface area contributed by atoms with Gasteiger partial charge in [0.1, 0.15) is 0 Å². The molecule has 0 aromatic rings. The Bertz CT molecular complexity index is 296. The van der Waals surface area contributed by atoms with Gasteiger partial charge in [0.05, 0.1) is 17.6 Å². The first-order valence-electron chi connectivity index (χ1n) is 4.89. The molecule has 1 spiro atoms. The van der Waals surface area contributed by atoms with Gasteiger partial charge in [0.15, 0.2) is 11.6 Å². The van der Waals surface area contributed by atoms with E-state index in [4.69, 9.17) is 9.47 Å². The minimum Gasteiger partial charge on any atom is -0.337 e. The lowest BCUT2D eigenvalue weighted by molar-refractivity contribution is -0.158. The maximum atomic E-state index is 11.2. The molecule has 1 fully saturated rings. The molecule has 0 saturated carbocycles. The highest BCUT2D eigenvalue weighted by Gasteiger charge is 2.57. The summed E-state index contributed by atoms with van der Waals surface area (Å²) in [6.45, 7) is 7.94. The fourth-order valence-corrected chi connectivity index (χ4v) is 1.85. The number of ketones is 1. The van der Waals surface area contributed by atoms with Crippen molar-refractivity contribution in [3.05, 3.63) is 12.2 Å². The van der Waals surface area contributed by atoms with Gasteiger partial charge in [0.2, 0.25) is 0 Å². The third-order valence-corrected chi connectivity index (χ3v) is 3.25. The Morgan fingerprint density at radius 3 is 2.00 bits per heavy atom. The van der Waals surface area contributed by atoms with E-state index in [1.165, 1.54) is 6.08 Å². The van der Waals surface area contributed by atoms with Crippen LogP contribution in [0.2, 0.25) is 0 Å². The second-order valence-corrected chi connectivity index (χ2v) is 5.01. The lowest BCUT2D eigenvalue weighted by Gasteiger charge is -2.30. The fourth-order valence-electron chi connectivity index (χ4n) is 1.85. The number of hydrogen-bond acceptors (Lipinski definition) is 3. The molecular weight excluding hydrogens is 180 g/mol. The minimum atomic E-state index is -0.802. The zero-order valence-electron chi connectivity index (χ0n) is 9.09. The third-order valence-electron chi connectivity index (χ3n) is 3.25. The van der Waals surface area contributed by atoms with Gasteiger partial charge >= 0.3 is 0 Å². The van der Waals surface area contributed by atoms with E-state index < -0.39 is 5.79 Å². The van der Waals surface area contributed by atoms with Gasteiger partial charge in [0, 0.05) is 0 Å². The molecule has 0 aromatic carbocycles. The van der Waals surface area contributed by atoms with Crippen LogP contribution in [0.4, 0.5) is 0 Å². The zero-order chi connectivity index (χ0) is 10.6. The number of carbonyl (C=O) groups is 1. The van der Waals surface area contributed by atoms with Crippen LogP contribution in [-0.2, 0) is 14.3 Å². The van der Waals surface area contributed by atoms with Crippen LogP contribution in [0.25, 0.3) is 0 Å². The Labute approximate surface area is 84.1 Å². The van der Waals surface area contributed by atoms with Crippen molar-refractivity contribution in [3.8, 4) is 0 Å². The normalized spacial score (nSPS) is 31.6. The van der Waals surface area contributed by atoms with E-state index in [-0.39, 0.29) is 17.0 Å². The monoisotopic (exact) mass is 196 g/mol. The van der Waals surface area contributed by atoms with E-state index in [9.17, 15) is 4.79 Å². The minimum absolute atomic E-state index is 0.0681. The Hall–Kier alpha value is -0.670. The number of rotatable bonds is 0. The summed E-state index contributed by atoms with van der Waals surface area (Å²) in [4.78, 5) is 11.2. The highest BCUT2D eigenvalue weighted by Crippen LogP contribution is 2.47. The molecule has 0 N–H and O–H groups in total. The largest absolute Gasteiger partial charge is 0.337 e. The molecule has 0 unspecified atom stereocenters. The molecule has 0 atom stereocenters. The first-order valence-corrected chi connectivity index (χ1v) is 4.89. The predicted octanol–water partition coefficient (Wildman–Crippen LogP) is 1.82. The van der Waals surface area contributed by atoms with Gasteiger partial charge in [-0.15, -0.1) is 0 Å². The van der Waals surface area contributed by atoms with Crippen molar-refractivity contribution >= 4 is 5.78 Å². The van der Waals surface area contributed by atoms with Gasteiger partial charge in [-0.3, -0.25) is 4.79 Å². The molecule has 0 bridgehead atoms. The topological polar surface area (TPSA) is 35.5 Å². The van der Waals surface area contributed by atoms with Gasteiger partial charge in [-0.1, -0.05) is 0 Å². The SMILES string of the molecule is CC1(C)OC2(C=CC(=O)C2)OC1(C)C. The van der Waals surface area contributed by atoms with Crippen LogP contribution in [0.1, 0.15) is 34.1 Å². The molecule has 2 rings (SSSR count). The summed E-state index contributed by atoms with van der Waals surface area (Å²) in [6, 6.07) is 0. The first-order chi connectivity index (χ1) is 6.27. The van der Waals surface area contributed by atoms with Crippen LogP contribution in [0, 0.1) is 0 Å². The van der Waals surface area contributed by atoms with Crippen molar-refractivity contribution in [2.24, 2.45) is 0 Å². The highest BCUT2D eigenvalue weighted by molar-refractivity contribution is 5.93. The lowest BCUT2D eigenvalue weighted by atomic mass is 9.90. The summed E-state index contributed by atoms with van der Waals surface area (Å²) in [5.74, 6) is -0.733. The summed E-state index contributed by atoms with van der Waals surface area (Å²) < 4.78 is 11.7. The van der Waals surface area contributed by atoms with Gasteiger partial charge in [0.25, 0.3) is 0 Å². The molecule has 1 saturated heterocycles. The summed E-state index contributed by atoms with van der Waals surface area (Å²) in [6.07, 6.45) is 3.57. The Morgan fingerprint density at radius 2 is 1.64 bits per heavy atom. The molecule has 0 amide bonds. The van der Waals surface area contributed by atoms with Crippen LogP contribution >= 0.6 is 0 Å². The molecule has 1 aliphatic heterocycles. The van der Waals surface area contributed by atoms with Crippen molar-refractivity contribution in [3.63, 3.8) is 0 Å². The third kappa shape index (κ3) is 1.23. The van der Waals surface area contributed by atoms with Crippen LogP contribution < -0.4 is 0 Å². The predicted molar refractivity (Wildman–Crippen MR) is 51.8 cm³/mol. The lowest BCUT2D eigenvalue weighted by Crippen LogP contribution is -2.41. The zero-order valence-corrected chi connectivity index (χ0v) is 9.09. The fraction of sp³-hybridized carbons (Fsp3) is 0.727. The van der Waals surface area contributed by atoms with Crippen molar-refractivity contribution in [2.45, 2.75) is 51.1 Å². The maximum absolute atomic E-state index is 11.2. The van der Waals surface area contributed by atoms with Crippen molar-refractivity contribution < 1.29 is 14.3 Å². The van der Waals surface area contributed by atoms with Gasteiger partial charge in [-0.2, -0.15) is 0 Å². The van der Waals surface area contributed by atoms with E-state index in [0.29, 0.717) is 6.42 Å². The van der Waals surface area contributed by atoms with Gasteiger partial charge in [-0.05, 0) is 39.8 Å². The number of hydrogen-bond donors (Lipinski definition) is 0. The standard InChI is InChI=1S/C11H16O3/c1-9(2)10(3,4)14-11(13-9)6-5-8(12)7-11/h5-6H,7H2,1-4H3. The molecule has 0 radical (unpaired) electrons. The number of allylic oxidation sites excluding steroid dienone is 1. The quantitative estimate of drug-likeness (QED) is 0.592. The first kappa shape index (κ1) is 9.87. The Balaban J connectivity index is 2.30. The second-order valence-electron chi connectivity index (χ2n) is 5.01. The molecule has 1 heterocycles. The van der Waals surface area contributed by atoms with Crippen LogP contribution in [0.15, 0.2) is 12.2 Å². The maximum Gasteiger partial charge on any atom is 0.196 e. The van der Waals surface area contributed by atoms with Gasteiger partial charge in [-0.25, -0.2) is 0 Å². The summed E-state index contributed by atoms with van der Waals surface area (Å²) in [5, 5.41) is 0. The van der Waals surface area contributed by atoms with E-state index in [0.717, 1.165) is 0 Å². The van der Waals surface area contributed by atoms with Crippen molar-refractivity contribution in [1.82, 2.24) is 0 Å². The molecule has 3 heteroatoms. The van der Waals surface area contributed by atoms with Crippen LogP contribution in [0.3, 0.4) is 0 Å². The Kier molecular flexibility index (Phi) is 1.74. The molecule has 0 aromatic heterocycles. The number of ether oxygens (including phenoxy) is 2. The molecule has 14 heavy (non-hydrogen) atoms. The second kappa shape index (κ2) is 2.47. The highest BCUT2D eigenvalue weighted by atomic mass is 16.8. The van der Waals surface area contributed by atoms with Gasteiger partial charge < -0.3 is 9.47 Å². The van der Waals surface area contributed by atoms with E-state index in [1.807, 2.05) is 27.7 Å². The van der Waals surface area contributed by atoms with Crippen LogP contribution in [0.5, 0.6) is 0 Å². The van der Waals surface area contributed by atoms with E-state index in [1.54, 1.807) is 6.08 Å². The van der Waals surface area contributed by atoms with Crippen molar-refractivity contribution in [1.29, 1.82) is 0 Å². The molecule has 3 nitrogen and oxygen atoms in total. The van der Waals surface area contributed by atoms with Crippen molar-refractivity contribution in [2.75, 3.05) is 0 Å². The smallest absolute Gasteiger partial charge is 0.196 e. The average molecular weight is 196 g/mol. The number of carbonyl (C=O) groups excluding carboxylic acids is 1. The van der Waals surface area contributed by atoms with Crippen LogP contribution in [-0.4, -0.2) is 22.8 Å². The summed E-state index contributed by atoms with van der Waals surface area (Å²) in [7, 11) is 0. The molecule has 78 valence electrons. The summed E-state index contributed by atoms with van der Waals surface area (Å²) in [5.41, 5.74) is -0.746.